The van der Waals surface area contributed by atoms with Crippen LogP contribution in [0.4, 0.5) is 4.79 Å². The van der Waals surface area contributed by atoms with Crippen LogP contribution in [0.1, 0.15) is 117 Å². The Hall–Kier alpha value is -11.5. The normalized spacial score (nSPS) is 21.1. The van der Waals surface area contributed by atoms with Crippen LogP contribution in [0.5, 0.6) is 46.0 Å². The molecule has 1 saturated heterocycles. The molecule has 6 heterocycles. The molecule has 8 amide bonds. The Labute approximate surface area is 613 Å². The average Bonchev–Trinajstić information content (AvgIpc) is 0.753. The molecular weight excluding hydrogens is 1390 g/mol. The van der Waals surface area contributed by atoms with Gasteiger partial charge < -0.3 is 87.6 Å². The summed E-state index contributed by atoms with van der Waals surface area (Å²) in [5.41, 5.74) is 5.60. The lowest BCUT2D eigenvalue weighted by Crippen LogP contribution is -2.59. The fourth-order valence-corrected chi connectivity index (χ4v) is 13.3. The average molecular weight is 1470 g/mol. The molecule has 15 N–H and O–H groups in total. The number of nitrogens with two attached hydrogens (primary N) is 1. The summed E-state index contributed by atoms with van der Waals surface area (Å²) >= 11 is 6.89. The van der Waals surface area contributed by atoms with Gasteiger partial charge in [-0.05, 0) is 127 Å². The number of halogens is 1. The zero-order valence-corrected chi connectivity index (χ0v) is 59.2. The highest BCUT2D eigenvalue weighted by atomic mass is 35.5. The van der Waals surface area contributed by atoms with Crippen LogP contribution in [0.2, 0.25) is 5.02 Å². The molecule has 9 atom stereocenters. The minimum Gasteiger partial charge on any atom is -0.507 e. The first kappa shape index (κ1) is 75.7. The molecule has 0 spiro atoms. The number of aromatic hydroxyl groups is 4. The Kier molecular flexibility index (Phi) is 22.4. The lowest BCUT2D eigenvalue weighted by molar-refractivity contribution is -0.143. The Bertz CT molecular complexity index is 4570. The van der Waals surface area contributed by atoms with Gasteiger partial charge in [0.2, 0.25) is 47.1 Å². The summed E-state index contributed by atoms with van der Waals surface area (Å²) in [6.07, 6.45) is -6.12. The first-order valence-corrected chi connectivity index (χ1v) is 34.4. The van der Waals surface area contributed by atoms with Crippen LogP contribution in [-0.4, -0.2) is 167 Å². The number of amides is 8. The minimum atomic E-state index is -2.21. The summed E-state index contributed by atoms with van der Waals surface area (Å²) in [4.78, 5) is 137. The lowest BCUT2D eigenvalue weighted by Gasteiger charge is -2.35. The number of benzene rings is 7. The Morgan fingerprint density at radius 3 is 1.88 bits per heavy atom. The van der Waals surface area contributed by atoms with Crippen molar-refractivity contribution in [1.29, 1.82) is 0 Å². The summed E-state index contributed by atoms with van der Waals surface area (Å²) in [5, 5.41) is 98.7. The van der Waals surface area contributed by atoms with Crippen molar-refractivity contribution in [2.24, 2.45) is 11.7 Å². The number of phenolic OH excluding ortho intramolecular Hbond substituents is 4. The van der Waals surface area contributed by atoms with E-state index >= 15 is 19.2 Å². The highest BCUT2D eigenvalue weighted by molar-refractivity contribution is 6.32. The zero-order chi connectivity index (χ0) is 76.3. The number of hydrogen-bond acceptors (Lipinski definition) is 20. The lowest BCUT2D eigenvalue weighted by atomic mass is 9.88. The monoisotopic (exact) mass is 1470 g/mol. The molecule has 556 valence electrons. The fraction of sp³-hybridized carbons (Fsp3) is 0.329. The third-order valence-corrected chi connectivity index (χ3v) is 18.9. The van der Waals surface area contributed by atoms with Crippen LogP contribution in [0.25, 0.3) is 22.3 Å². The second-order valence-electron chi connectivity index (χ2n) is 27.9. The number of nitrogens with one attached hydrogen (secondary N) is 6. The fourth-order valence-electron chi connectivity index (χ4n) is 13.1. The van der Waals surface area contributed by atoms with Crippen molar-refractivity contribution in [1.82, 2.24) is 46.6 Å². The van der Waals surface area contributed by atoms with Gasteiger partial charge in [-0.2, -0.15) is 0 Å². The third-order valence-electron chi connectivity index (χ3n) is 18.6. The topological polar surface area (TPSA) is 431 Å². The van der Waals surface area contributed by atoms with E-state index in [9.17, 15) is 59.7 Å². The van der Waals surface area contributed by atoms with Gasteiger partial charge in [-0.3, -0.25) is 48.3 Å². The first-order valence-electron chi connectivity index (χ1n) is 34.1. The number of nitrogens with zero attached hydrogens (tertiary/aromatic N) is 3. The van der Waals surface area contributed by atoms with Crippen molar-refractivity contribution in [3.63, 3.8) is 0 Å². The summed E-state index contributed by atoms with van der Waals surface area (Å²) < 4.78 is 18.0. The van der Waals surface area contributed by atoms with Crippen molar-refractivity contribution in [3.8, 4) is 68.2 Å². The number of likely N-dealkylation sites (N-methyl/N-ethyl adjacent to an activating group) is 1. The summed E-state index contributed by atoms with van der Waals surface area (Å²) in [7, 11) is 1.30. The molecule has 13 rings (SSSR count). The van der Waals surface area contributed by atoms with E-state index in [4.69, 9.17) is 31.5 Å². The van der Waals surface area contributed by atoms with Crippen molar-refractivity contribution < 1.29 is 93.1 Å². The number of primary amides is 1. The number of carbonyl (C=O) groups excluding carboxylic acids is 8. The predicted molar refractivity (Wildman–Crippen MR) is 383 cm³/mol. The van der Waals surface area contributed by atoms with E-state index in [1.807, 2.05) is 35.2 Å². The molecule has 29 nitrogen and oxygen atoms in total. The smallest absolute Gasteiger partial charge is 0.410 e. The summed E-state index contributed by atoms with van der Waals surface area (Å²) in [5.74, 6) is -15.2. The van der Waals surface area contributed by atoms with Crippen LogP contribution in [0.3, 0.4) is 0 Å². The molecular formula is C76H81ClN10O19. The number of carboxylic acid groups (broad SMARTS) is 1. The highest BCUT2D eigenvalue weighted by Crippen LogP contribution is 2.49. The molecule has 7 aromatic rings. The molecule has 106 heavy (non-hydrogen) atoms. The second kappa shape index (κ2) is 31.4. The molecule has 6 aliphatic rings. The van der Waals surface area contributed by atoms with Gasteiger partial charge in [0.25, 0.3) is 0 Å². The van der Waals surface area contributed by atoms with E-state index in [0.29, 0.717) is 32.7 Å². The van der Waals surface area contributed by atoms with Crippen molar-refractivity contribution in [2.75, 3.05) is 33.2 Å². The molecule has 6 aliphatic heterocycles. The number of carbonyl (C=O) groups is 9. The maximum Gasteiger partial charge on any atom is 0.410 e. The van der Waals surface area contributed by atoms with Crippen LogP contribution in [0, 0.1) is 5.92 Å². The summed E-state index contributed by atoms with van der Waals surface area (Å²) in [6, 6.07) is 19.0. The van der Waals surface area contributed by atoms with Gasteiger partial charge in [-0.15, -0.1) is 0 Å². The number of piperazine rings is 1. The van der Waals surface area contributed by atoms with Gasteiger partial charge >= 0.3 is 12.1 Å². The standard InChI is InChI=1S/C76H81ClN10O19/c1-37(2)28-51(85(6)75(103)106-76(3,4)5)69(96)83-63-65(92)43-19-23-54(49(77)30-43)105-56-32-44-31-55(67(56)94)104-45-20-16-41(17-21-45)64(91)62-73(100)82-61(74(101)102)47-33-53(89)48(36-87-26-24-86(25-27-87)35-38-12-14-40(15-13-38)39-10-8-7-9-11-39)66(93)58(47)46-29-42(18-22-52(46)88)59(70(97)84-62)81-71(98)60(44)80-68(95)50(34-57(78)90)79-72(63)99/h7-23,29-33,37,50-51,59-65,88-89,91-94H,24-28,34-36H2,1-6H3,(H2,78,90)(H,79,99)(H,80,95)(H,81,98)(H,82,100)(H,83,96)(H,84,97)(H,101,102)/t50-,51+,59+,60+,61-,62-,63+,64+,65+/m0/s1. The van der Waals surface area contributed by atoms with Gasteiger partial charge in [-0.1, -0.05) is 104 Å². The van der Waals surface area contributed by atoms with E-state index in [2.05, 4.69) is 61.1 Å². The number of phenols is 4. The first-order chi connectivity index (χ1) is 50.3. The molecule has 11 bridgehead atoms. The number of ether oxygens (including phenoxy) is 3. The van der Waals surface area contributed by atoms with Crippen molar-refractivity contribution >= 4 is 65.0 Å². The van der Waals surface area contributed by atoms with E-state index in [0.717, 1.165) is 64.1 Å². The number of aliphatic hydroxyl groups is 2. The molecule has 0 saturated carbocycles. The molecule has 1 fully saturated rings. The predicted octanol–water partition coefficient (Wildman–Crippen LogP) is 6.37. The molecule has 7 aromatic carbocycles. The number of aliphatic carboxylic acids is 1. The Morgan fingerprint density at radius 2 is 1.25 bits per heavy atom. The van der Waals surface area contributed by atoms with Gasteiger partial charge in [0.05, 0.1) is 17.0 Å². The number of aliphatic hydroxyl groups excluding tert-OH is 2. The third kappa shape index (κ3) is 17.0. The number of rotatable bonds is 13. The van der Waals surface area contributed by atoms with Crippen LogP contribution < -0.4 is 47.1 Å². The number of fused-ring (bicyclic) bond motifs is 15. The maximum absolute atomic E-state index is 15.8. The molecule has 0 aromatic heterocycles. The van der Waals surface area contributed by atoms with E-state index in [1.54, 1.807) is 34.6 Å². The number of carboxylic acids is 1. The van der Waals surface area contributed by atoms with Crippen molar-refractivity contribution in [3.05, 3.63) is 177 Å². The zero-order valence-electron chi connectivity index (χ0n) is 58.5. The van der Waals surface area contributed by atoms with Gasteiger partial charge in [0, 0.05) is 63.0 Å². The van der Waals surface area contributed by atoms with Gasteiger partial charge in [0.1, 0.15) is 82.8 Å². The van der Waals surface area contributed by atoms with Crippen LogP contribution in [-0.2, 0) is 56.2 Å². The van der Waals surface area contributed by atoms with Gasteiger partial charge in [-0.25, -0.2) is 9.59 Å². The largest absolute Gasteiger partial charge is 0.507 e. The van der Waals surface area contributed by atoms with Crippen LogP contribution in [0.15, 0.2) is 133 Å². The molecule has 0 aliphatic carbocycles. The molecule has 0 radical (unpaired) electrons. The van der Waals surface area contributed by atoms with Crippen molar-refractivity contribution in [2.45, 2.75) is 121 Å². The Morgan fingerprint density at radius 1 is 0.642 bits per heavy atom. The molecule has 30 heteroatoms. The maximum atomic E-state index is 15.8. The van der Waals surface area contributed by atoms with E-state index in [1.165, 1.54) is 43.4 Å². The quantitative estimate of drug-likeness (QED) is 0.0596. The van der Waals surface area contributed by atoms with E-state index < -0.39 is 171 Å². The SMILES string of the molecule is CC(C)C[C@H](C(=O)N[C@H]1C(=O)N[C@@H](CC(N)=O)C(=O)N[C@H]2C(=O)N[C@H]3C(=O)N[C@H](C(=O)N[C@H](C(=O)O)c4cc(O)c(CN5CCN(Cc6ccc(-c7ccccc7)cc6)CC5)c(O)c4-c4cc3ccc4O)[C@H](O)c3ccc(cc3)Oc3cc2cc(c3O)Oc2ccc(cc2Cl)[C@H]1O)N(C)C(=O)OC(C)(C)C. The van der Waals surface area contributed by atoms with Crippen LogP contribution >= 0.6 is 11.6 Å². The summed E-state index contributed by atoms with van der Waals surface area (Å²) in [6.45, 7) is 10.8. The van der Waals surface area contributed by atoms with E-state index in [-0.39, 0.29) is 63.2 Å². The second-order valence-corrected chi connectivity index (χ2v) is 28.3. The number of hydrogen-bond donors (Lipinski definition) is 14. The van der Waals surface area contributed by atoms with Gasteiger partial charge in [0.15, 0.2) is 17.5 Å². The Balaban J connectivity index is 1.00. The highest BCUT2D eigenvalue weighted by Gasteiger charge is 2.43. The minimum absolute atomic E-state index is 0.00985. The molecule has 0 unspecified atom stereocenters.